The van der Waals surface area contributed by atoms with Crippen LogP contribution in [0.15, 0.2) is 0 Å². The molecule has 0 radical (unpaired) electrons. The molecule has 1 aliphatic heterocycles. The summed E-state index contributed by atoms with van der Waals surface area (Å²) in [5.74, 6) is 2.81. The first kappa shape index (κ1) is 11.1. The summed E-state index contributed by atoms with van der Waals surface area (Å²) in [5.41, 5.74) is 0. The Morgan fingerprint density at radius 1 is 1.07 bits per heavy atom. The van der Waals surface area contributed by atoms with E-state index in [4.69, 9.17) is 0 Å². The van der Waals surface area contributed by atoms with E-state index in [1.165, 1.54) is 6.42 Å². The standard InChI is InChI=1S/C13H23NO/c1-9-3-4-11(7-10(9)2)13(15)12-5-6-14-8-12/h9-12,14H,3-8H2,1-2H3/t9?,10?,11?,12-/m1/s1. The molecular weight excluding hydrogens is 186 g/mol. The van der Waals surface area contributed by atoms with Crippen LogP contribution >= 0.6 is 0 Å². The Kier molecular flexibility index (Phi) is 3.45. The first-order valence-electron chi connectivity index (χ1n) is 6.43. The molecule has 0 aromatic carbocycles. The summed E-state index contributed by atoms with van der Waals surface area (Å²) in [5, 5.41) is 3.29. The van der Waals surface area contributed by atoms with Gasteiger partial charge >= 0.3 is 0 Å². The van der Waals surface area contributed by atoms with Crippen molar-refractivity contribution < 1.29 is 4.79 Å². The van der Waals surface area contributed by atoms with E-state index in [2.05, 4.69) is 19.2 Å². The molecule has 2 rings (SSSR count). The molecule has 2 nitrogen and oxygen atoms in total. The Balaban J connectivity index is 1.90. The third kappa shape index (κ3) is 2.41. The van der Waals surface area contributed by atoms with Crippen molar-refractivity contribution in [2.45, 2.75) is 39.5 Å². The lowest BCUT2D eigenvalue weighted by atomic mass is 9.72. The van der Waals surface area contributed by atoms with Crippen LogP contribution in [0.25, 0.3) is 0 Å². The number of nitrogens with one attached hydrogen (secondary N) is 1. The Morgan fingerprint density at radius 3 is 2.47 bits per heavy atom. The summed E-state index contributed by atoms with van der Waals surface area (Å²) in [6, 6.07) is 0. The van der Waals surface area contributed by atoms with Crippen LogP contribution in [0.4, 0.5) is 0 Å². The molecule has 1 aliphatic carbocycles. The second kappa shape index (κ2) is 4.65. The molecule has 0 spiro atoms. The number of rotatable bonds is 2. The van der Waals surface area contributed by atoms with Gasteiger partial charge in [0, 0.05) is 18.4 Å². The van der Waals surface area contributed by atoms with Crippen molar-refractivity contribution in [3.05, 3.63) is 0 Å². The normalized spacial score (nSPS) is 41.7. The Morgan fingerprint density at radius 2 is 1.87 bits per heavy atom. The van der Waals surface area contributed by atoms with Crippen LogP contribution in [0.3, 0.4) is 0 Å². The Bertz CT molecular complexity index is 233. The molecule has 1 heterocycles. The second-order valence-electron chi connectivity index (χ2n) is 5.56. The smallest absolute Gasteiger partial charge is 0.140 e. The molecule has 2 fully saturated rings. The van der Waals surface area contributed by atoms with Crippen LogP contribution in [0, 0.1) is 23.7 Å². The van der Waals surface area contributed by atoms with Crippen molar-refractivity contribution in [1.82, 2.24) is 5.32 Å². The summed E-state index contributed by atoms with van der Waals surface area (Å²) in [6.07, 6.45) is 4.59. The highest BCUT2D eigenvalue weighted by molar-refractivity contribution is 5.84. The zero-order valence-corrected chi connectivity index (χ0v) is 9.96. The molecule has 4 atom stereocenters. The zero-order valence-electron chi connectivity index (χ0n) is 9.96. The number of Topliss-reactive ketones (excluding diaryl/α,β-unsaturated/α-hetero) is 1. The minimum atomic E-state index is 0.329. The second-order valence-corrected chi connectivity index (χ2v) is 5.56. The molecule has 0 bridgehead atoms. The van der Waals surface area contributed by atoms with Crippen molar-refractivity contribution in [2.75, 3.05) is 13.1 Å². The number of ketones is 1. The third-order valence-corrected chi connectivity index (χ3v) is 4.46. The van der Waals surface area contributed by atoms with Gasteiger partial charge in [0.05, 0.1) is 0 Å². The topological polar surface area (TPSA) is 29.1 Å². The highest BCUT2D eigenvalue weighted by atomic mass is 16.1. The van der Waals surface area contributed by atoms with E-state index in [1.54, 1.807) is 0 Å². The van der Waals surface area contributed by atoms with Gasteiger partial charge in [0.2, 0.25) is 0 Å². The zero-order chi connectivity index (χ0) is 10.8. The predicted molar refractivity (Wildman–Crippen MR) is 61.7 cm³/mol. The van der Waals surface area contributed by atoms with Crippen LogP contribution in [0.5, 0.6) is 0 Å². The quantitative estimate of drug-likeness (QED) is 0.755. The molecule has 0 amide bonds. The minimum Gasteiger partial charge on any atom is -0.316 e. The van der Waals surface area contributed by atoms with Crippen LogP contribution in [-0.4, -0.2) is 18.9 Å². The van der Waals surface area contributed by atoms with E-state index >= 15 is 0 Å². The van der Waals surface area contributed by atoms with Gasteiger partial charge in [-0.1, -0.05) is 13.8 Å². The summed E-state index contributed by atoms with van der Waals surface area (Å²) in [7, 11) is 0. The molecule has 2 aliphatic rings. The van der Waals surface area contributed by atoms with Crippen molar-refractivity contribution in [3.63, 3.8) is 0 Å². The van der Waals surface area contributed by atoms with Gasteiger partial charge < -0.3 is 5.32 Å². The van der Waals surface area contributed by atoms with E-state index in [0.717, 1.165) is 44.2 Å². The van der Waals surface area contributed by atoms with Crippen molar-refractivity contribution in [2.24, 2.45) is 23.7 Å². The van der Waals surface area contributed by atoms with Crippen molar-refractivity contribution in [3.8, 4) is 0 Å². The maximum absolute atomic E-state index is 12.2. The Labute approximate surface area is 92.8 Å². The van der Waals surface area contributed by atoms with Gasteiger partial charge in [-0.3, -0.25) is 4.79 Å². The summed E-state index contributed by atoms with van der Waals surface area (Å²) >= 11 is 0. The number of carbonyl (C=O) groups excluding carboxylic acids is 1. The van der Waals surface area contributed by atoms with Gasteiger partial charge in [-0.25, -0.2) is 0 Å². The largest absolute Gasteiger partial charge is 0.316 e. The molecule has 15 heavy (non-hydrogen) atoms. The molecule has 0 aromatic heterocycles. The average Bonchev–Trinajstić information content (AvgIpc) is 2.74. The summed E-state index contributed by atoms with van der Waals surface area (Å²) < 4.78 is 0. The van der Waals surface area contributed by atoms with E-state index in [9.17, 15) is 4.79 Å². The molecule has 1 saturated carbocycles. The minimum absolute atomic E-state index is 0.329. The molecule has 86 valence electrons. The van der Waals surface area contributed by atoms with Gasteiger partial charge in [-0.05, 0) is 44.1 Å². The fourth-order valence-corrected chi connectivity index (χ4v) is 3.04. The molecule has 1 N–H and O–H groups in total. The van der Waals surface area contributed by atoms with Crippen molar-refractivity contribution in [1.29, 1.82) is 0 Å². The highest BCUT2D eigenvalue weighted by Gasteiger charge is 2.33. The molecular formula is C13H23NO. The lowest BCUT2D eigenvalue weighted by Crippen LogP contribution is -2.31. The average molecular weight is 209 g/mol. The lowest BCUT2D eigenvalue weighted by Gasteiger charge is -2.32. The van der Waals surface area contributed by atoms with Gasteiger partial charge in [0.25, 0.3) is 0 Å². The molecule has 2 heteroatoms. The molecule has 0 aromatic rings. The van der Waals surface area contributed by atoms with E-state index < -0.39 is 0 Å². The van der Waals surface area contributed by atoms with Gasteiger partial charge in [0.15, 0.2) is 0 Å². The van der Waals surface area contributed by atoms with E-state index in [-0.39, 0.29) is 0 Å². The van der Waals surface area contributed by atoms with Gasteiger partial charge in [0.1, 0.15) is 5.78 Å². The Hall–Kier alpha value is -0.370. The summed E-state index contributed by atoms with van der Waals surface area (Å²) in [4.78, 5) is 12.2. The monoisotopic (exact) mass is 209 g/mol. The van der Waals surface area contributed by atoms with Crippen LogP contribution in [-0.2, 0) is 4.79 Å². The maximum Gasteiger partial charge on any atom is 0.140 e. The van der Waals surface area contributed by atoms with Crippen LogP contribution in [0.1, 0.15) is 39.5 Å². The molecule has 3 unspecified atom stereocenters. The first-order valence-corrected chi connectivity index (χ1v) is 6.43. The van der Waals surface area contributed by atoms with Gasteiger partial charge in [-0.15, -0.1) is 0 Å². The van der Waals surface area contributed by atoms with Crippen molar-refractivity contribution >= 4 is 5.78 Å². The molecule has 1 saturated heterocycles. The number of hydrogen-bond acceptors (Lipinski definition) is 2. The number of hydrogen-bond donors (Lipinski definition) is 1. The fourth-order valence-electron chi connectivity index (χ4n) is 3.04. The van der Waals surface area contributed by atoms with E-state index in [1.807, 2.05) is 0 Å². The highest BCUT2D eigenvalue weighted by Crippen LogP contribution is 2.35. The SMILES string of the molecule is CC1CCC(C(=O)[C@@H]2CCNC2)CC1C. The maximum atomic E-state index is 12.2. The third-order valence-electron chi connectivity index (χ3n) is 4.46. The van der Waals surface area contributed by atoms with Crippen LogP contribution in [0.2, 0.25) is 0 Å². The summed E-state index contributed by atoms with van der Waals surface area (Å²) in [6.45, 7) is 6.59. The predicted octanol–water partition coefficient (Wildman–Crippen LogP) is 2.24. The van der Waals surface area contributed by atoms with E-state index in [0.29, 0.717) is 17.6 Å². The fraction of sp³-hybridized carbons (Fsp3) is 0.923. The number of carbonyl (C=O) groups is 1. The first-order chi connectivity index (χ1) is 7.18. The lowest BCUT2D eigenvalue weighted by molar-refractivity contribution is -0.128. The van der Waals surface area contributed by atoms with Crippen LogP contribution < -0.4 is 5.32 Å². The van der Waals surface area contributed by atoms with Gasteiger partial charge in [-0.2, -0.15) is 0 Å².